The Morgan fingerprint density at radius 3 is 2.64 bits per heavy atom. The predicted octanol–water partition coefficient (Wildman–Crippen LogP) is 3.06. The second kappa shape index (κ2) is 7.39. The van der Waals surface area contributed by atoms with Crippen LogP contribution in [0.25, 0.3) is 0 Å². The Morgan fingerprint density at radius 1 is 1.45 bits per heavy atom. The SMILES string of the molecule is CCC(C)[C@H](c1cc([N+](=O)[O-])cc(Br)c1O)N1CCNCC1. The molecule has 1 aliphatic heterocycles. The Bertz CT molecular complexity index is 547. The second-order valence-corrected chi connectivity index (χ2v) is 6.59. The van der Waals surface area contributed by atoms with E-state index in [2.05, 4.69) is 40.0 Å². The van der Waals surface area contributed by atoms with Crippen molar-refractivity contribution >= 4 is 21.6 Å². The van der Waals surface area contributed by atoms with E-state index in [-0.39, 0.29) is 23.4 Å². The van der Waals surface area contributed by atoms with Gasteiger partial charge in [0, 0.05) is 49.9 Å². The van der Waals surface area contributed by atoms with Crippen LogP contribution in [0.2, 0.25) is 0 Å². The number of hydrogen-bond acceptors (Lipinski definition) is 5. The van der Waals surface area contributed by atoms with E-state index in [0.717, 1.165) is 32.6 Å². The minimum Gasteiger partial charge on any atom is -0.506 e. The third-order valence-corrected chi connectivity index (χ3v) is 4.94. The van der Waals surface area contributed by atoms with E-state index in [4.69, 9.17) is 0 Å². The van der Waals surface area contributed by atoms with Crippen molar-refractivity contribution in [3.63, 3.8) is 0 Å². The van der Waals surface area contributed by atoms with Crippen molar-refractivity contribution in [3.05, 3.63) is 32.3 Å². The van der Waals surface area contributed by atoms with Crippen LogP contribution in [0.3, 0.4) is 0 Å². The maximum atomic E-state index is 11.1. The summed E-state index contributed by atoms with van der Waals surface area (Å²) in [5.74, 6) is 0.396. The molecule has 22 heavy (non-hydrogen) atoms. The summed E-state index contributed by atoms with van der Waals surface area (Å²) in [5, 5.41) is 24.9. The molecule has 1 aromatic rings. The van der Waals surface area contributed by atoms with Gasteiger partial charge in [-0.2, -0.15) is 0 Å². The molecule has 2 N–H and O–H groups in total. The molecule has 1 aromatic carbocycles. The average molecular weight is 372 g/mol. The zero-order valence-corrected chi connectivity index (χ0v) is 14.5. The summed E-state index contributed by atoms with van der Waals surface area (Å²) < 4.78 is 0.375. The smallest absolute Gasteiger partial charge is 0.271 e. The lowest BCUT2D eigenvalue weighted by molar-refractivity contribution is -0.385. The van der Waals surface area contributed by atoms with Crippen molar-refractivity contribution in [1.82, 2.24) is 10.2 Å². The Morgan fingerprint density at radius 2 is 2.09 bits per heavy atom. The maximum absolute atomic E-state index is 11.1. The quantitative estimate of drug-likeness (QED) is 0.614. The molecular weight excluding hydrogens is 350 g/mol. The van der Waals surface area contributed by atoms with E-state index in [1.165, 1.54) is 12.1 Å². The predicted molar refractivity (Wildman–Crippen MR) is 89.1 cm³/mol. The van der Waals surface area contributed by atoms with Crippen molar-refractivity contribution in [2.24, 2.45) is 5.92 Å². The van der Waals surface area contributed by atoms with Gasteiger partial charge in [0.2, 0.25) is 0 Å². The van der Waals surface area contributed by atoms with E-state index in [0.29, 0.717) is 10.0 Å². The molecule has 0 spiro atoms. The molecule has 1 heterocycles. The Balaban J connectivity index is 2.48. The standard InChI is InChI=1S/C15H22BrN3O3/c1-3-10(2)14(18-6-4-17-5-7-18)12-8-11(19(21)22)9-13(16)15(12)20/h8-10,14,17,20H,3-7H2,1-2H3/t10?,14-/m1/s1. The number of nitrogens with zero attached hydrogens (tertiary/aromatic N) is 2. The number of non-ortho nitro benzene ring substituents is 1. The number of phenolic OH excluding ortho intramolecular Hbond substituents is 1. The number of halogens is 1. The lowest BCUT2D eigenvalue weighted by Gasteiger charge is -2.38. The summed E-state index contributed by atoms with van der Waals surface area (Å²) in [6.45, 7) is 7.75. The summed E-state index contributed by atoms with van der Waals surface area (Å²) in [7, 11) is 0. The monoisotopic (exact) mass is 371 g/mol. The molecule has 1 fully saturated rings. The van der Waals surface area contributed by atoms with E-state index in [1.54, 1.807) is 0 Å². The van der Waals surface area contributed by atoms with Gasteiger partial charge in [-0.1, -0.05) is 20.3 Å². The molecule has 7 heteroatoms. The van der Waals surface area contributed by atoms with Crippen LogP contribution in [-0.2, 0) is 0 Å². The van der Waals surface area contributed by atoms with E-state index in [1.807, 2.05) is 0 Å². The molecular formula is C15H22BrN3O3. The Labute approximate surface area is 138 Å². The fourth-order valence-corrected chi connectivity index (χ4v) is 3.45. The summed E-state index contributed by atoms with van der Waals surface area (Å²) in [5.41, 5.74) is 0.639. The Hall–Kier alpha value is -1.18. The van der Waals surface area contributed by atoms with Crippen LogP contribution >= 0.6 is 15.9 Å². The minimum absolute atomic E-state index is 0.00288. The van der Waals surface area contributed by atoms with Crippen LogP contribution in [0.4, 0.5) is 5.69 Å². The molecule has 1 aliphatic rings. The van der Waals surface area contributed by atoms with Gasteiger partial charge in [-0.25, -0.2) is 0 Å². The van der Waals surface area contributed by atoms with Gasteiger partial charge in [-0.05, 0) is 21.8 Å². The highest BCUT2D eigenvalue weighted by atomic mass is 79.9. The van der Waals surface area contributed by atoms with Crippen molar-refractivity contribution in [3.8, 4) is 5.75 Å². The van der Waals surface area contributed by atoms with Crippen LogP contribution in [0.15, 0.2) is 16.6 Å². The zero-order chi connectivity index (χ0) is 16.3. The van der Waals surface area contributed by atoms with Gasteiger partial charge >= 0.3 is 0 Å². The highest BCUT2D eigenvalue weighted by Crippen LogP contribution is 2.41. The molecule has 2 rings (SSSR count). The number of nitro benzene ring substituents is 1. The number of rotatable bonds is 5. The topological polar surface area (TPSA) is 78.6 Å². The van der Waals surface area contributed by atoms with Crippen LogP contribution in [0.1, 0.15) is 31.9 Å². The second-order valence-electron chi connectivity index (χ2n) is 5.74. The molecule has 6 nitrogen and oxygen atoms in total. The van der Waals surface area contributed by atoms with Gasteiger partial charge < -0.3 is 10.4 Å². The Kier molecular flexibility index (Phi) is 5.77. The number of hydrogen-bond donors (Lipinski definition) is 2. The van der Waals surface area contributed by atoms with Gasteiger partial charge in [-0.3, -0.25) is 15.0 Å². The fraction of sp³-hybridized carbons (Fsp3) is 0.600. The summed E-state index contributed by atoms with van der Waals surface area (Å²) in [6.07, 6.45) is 0.939. The molecule has 2 atom stereocenters. The maximum Gasteiger partial charge on any atom is 0.271 e. The average Bonchev–Trinajstić information content (AvgIpc) is 2.52. The molecule has 0 amide bonds. The van der Waals surface area contributed by atoms with Crippen LogP contribution < -0.4 is 5.32 Å². The van der Waals surface area contributed by atoms with Gasteiger partial charge in [0.15, 0.2) is 0 Å². The lowest BCUT2D eigenvalue weighted by atomic mass is 9.89. The largest absolute Gasteiger partial charge is 0.506 e. The first kappa shape index (κ1) is 17.2. The van der Waals surface area contributed by atoms with Gasteiger partial charge in [0.05, 0.1) is 9.40 Å². The molecule has 0 bridgehead atoms. The summed E-state index contributed by atoms with van der Waals surface area (Å²) >= 11 is 3.24. The van der Waals surface area contributed by atoms with Crippen molar-refractivity contribution in [1.29, 1.82) is 0 Å². The normalized spacial score (nSPS) is 18.9. The third-order valence-electron chi connectivity index (χ3n) is 4.34. The minimum atomic E-state index is -0.418. The van der Waals surface area contributed by atoms with Crippen molar-refractivity contribution in [2.75, 3.05) is 26.2 Å². The van der Waals surface area contributed by atoms with E-state index < -0.39 is 4.92 Å². The molecule has 0 aliphatic carbocycles. The highest BCUT2D eigenvalue weighted by Gasteiger charge is 2.30. The third kappa shape index (κ3) is 3.59. The first-order chi connectivity index (χ1) is 10.5. The van der Waals surface area contributed by atoms with Gasteiger partial charge in [-0.15, -0.1) is 0 Å². The van der Waals surface area contributed by atoms with E-state index in [9.17, 15) is 15.2 Å². The molecule has 0 saturated carbocycles. The van der Waals surface area contributed by atoms with Crippen molar-refractivity contribution < 1.29 is 10.0 Å². The molecule has 1 saturated heterocycles. The van der Waals surface area contributed by atoms with Crippen LogP contribution in [0, 0.1) is 16.0 Å². The lowest BCUT2D eigenvalue weighted by Crippen LogP contribution is -2.46. The van der Waals surface area contributed by atoms with Gasteiger partial charge in [0.1, 0.15) is 5.75 Å². The van der Waals surface area contributed by atoms with Crippen LogP contribution in [-0.4, -0.2) is 41.1 Å². The first-order valence-corrected chi connectivity index (χ1v) is 8.36. The summed E-state index contributed by atoms with van der Waals surface area (Å²) in [4.78, 5) is 13.0. The number of benzene rings is 1. The number of nitrogens with one attached hydrogen (secondary N) is 1. The van der Waals surface area contributed by atoms with E-state index >= 15 is 0 Å². The zero-order valence-electron chi connectivity index (χ0n) is 12.9. The van der Waals surface area contributed by atoms with Crippen LogP contribution in [0.5, 0.6) is 5.75 Å². The fourth-order valence-electron chi connectivity index (χ4n) is 2.98. The number of nitro groups is 1. The summed E-state index contributed by atoms with van der Waals surface area (Å²) in [6, 6.07) is 2.84. The number of aromatic hydroxyl groups is 1. The number of phenols is 1. The first-order valence-electron chi connectivity index (χ1n) is 7.57. The van der Waals surface area contributed by atoms with Crippen molar-refractivity contribution in [2.45, 2.75) is 26.3 Å². The molecule has 0 radical (unpaired) electrons. The molecule has 0 aromatic heterocycles. The molecule has 1 unspecified atom stereocenters. The van der Waals surface area contributed by atoms with Gasteiger partial charge in [0.25, 0.3) is 5.69 Å². The highest BCUT2D eigenvalue weighted by molar-refractivity contribution is 9.10. The molecule has 122 valence electrons. The number of piperazine rings is 1.